The second-order valence-electron chi connectivity index (χ2n) is 24.7. The van der Waals surface area contributed by atoms with Crippen molar-refractivity contribution >= 4 is 39.5 Å². The Balaban J connectivity index is 5.17. The zero-order chi connectivity index (χ0) is 63.5. The molecule has 0 saturated heterocycles. The Morgan fingerprint density at radius 3 is 0.791 bits per heavy atom. The molecule has 0 aliphatic carbocycles. The van der Waals surface area contributed by atoms with Crippen LogP contribution in [0.15, 0.2) is 0 Å². The van der Waals surface area contributed by atoms with Gasteiger partial charge in [0.05, 0.1) is 26.4 Å². The molecule has 0 radical (unpaired) electrons. The average Bonchev–Trinajstić information content (AvgIpc) is 3.67. The molecule has 0 heterocycles. The number of phosphoric acid groups is 2. The number of ether oxygens (including phenoxy) is 4. The molecule has 0 spiro atoms. The average molecular weight is 1270 g/mol. The molecule has 17 nitrogen and oxygen atoms in total. The maximum absolute atomic E-state index is 13.0. The molecule has 0 rings (SSSR count). The second-order valence-corrected chi connectivity index (χ2v) is 27.6. The molecule has 0 aromatic carbocycles. The third-order valence-electron chi connectivity index (χ3n) is 15.5. The summed E-state index contributed by atoms with van der Waals surface area (Å²) in [5.74, 6) is -1.46. The van der Waals surface area contributed by atoms with Gasteiger partial charge >= 0.3 is 39.5 Å². The Labute approximate surface area is 524 Å². The molecule has 0 aliphatic heterocycles. The first kappa shape index (κ1) is 84.1. The quantitative estimate of drug-likeness (QED) is 0.0222. The van der Waals surface area contributed by atoms with Gasteiger partial charge in [-0.25, -0.2) is 9.13 Å². The lowest BCUT2D eigenvalue weighted by molar-refractivity contribution is -0.161. The minimum atomic E-state index is -4.95. The maximum atomic E-state index is 13.0. The number of carbonyl (C=O) groups excluding carboxylic acids is 4. The molecule has 510 valence electrons. The number of hydrogen-bond donors (Lipinski definition) is 3. The summed E-state index contributed by atoms with van der Waals surface area (Å²) in [6, 6.07) is 0. The van der Waals surface area contributed by atoms with E-state index >= 15 is 0 Å². The first-order valence-electron chi connectivity index (χ1n) is 35.1. The van der Waals surface area contributed by atoms with E-state index in [0.29, 0.717) is 31.6 Å². The molecular formula is C67H130O17P2. The summed E-state index contributed by atoms with van der Waals surface area (Å²) in [5, 5.41) is 10.5. The normalized spacial score (nSPS) is 14.2. The van der Waals surface area contributed by atoms with Crippen molar-refractivity contribution in [2.24, 2.45) is 5.92 Å². The molecule has 0 bridgehead atoms. The first-order valence-corrected chi connectivity index (χ1v) is 38.1. The van der Waals surface area contributed by atoms with E-state index in [1.807, 2.05) is 0 Å². The van der Waals surface area contributed by atoms with Crippen molar-refractivity contribution in [2.45, 2.75) is 361 Å². The fourth-order valence-electron chi connectivity index (χ4n) is 10.1. The van der Waals surface area contributed by atoms with Crippen molar-refractivity contribution in [3.8, 4) is 0 Å². The van der Waals surface area contributed by atoms with Gasteiger partial charge in [-0.1, -0.05) is 291 Å². The highest BCUT2D eigenvalue weighted by Crippen LogP contribution is 2.45. The summed E-state index contributed by atoms with van der Waals surface area (Å²) >= 11 is 0. The van der Waals surface area contributed by atoms with Gasteiger partial charge < -0.3 is 33.8 Å². The SMILES string of the molecule is CCCCCCCCCCCCCCCCCCCCC(=O)O[C@H](COC(=O)CCCCCCCCCCCCC)COP(=O)(O)OC[C@@H](O)COP(=O)(O)OC[C@@H](COC(=O)CCCCCCCCCC)OC(=O)CCCCCCCCC(C)C. The van der Waals surface area contributed by atoms with Crippen molar-refractivity contribution in [3.05, 3.63) is 0 Å². The van der Waals surface area contributed by atoms with Crippen molar-refractivity contribution < 1.29 is 80.2 Å². The Morgan fingerprint density at radius 2 is 0.535 bits per heavy atom. The third kappa shape index (κ3) is 60.9. The fourth-order valence-corrected chi connectivity index (χ4v) is 11.7. The lowest BCUT2D eigenvalue weighted by Gasteiger charge is -2.21. The van der Waals surface area contributed by atoms with Crippen molar-refractivity contribution in [3.63, 3.8) is 0 Å². The van der Waals surface area contributed by atoms with Gasteiger partial charge in [0.25, 0.3) is 0 Å². The predicted molar refractivity (Wildman–Crippen MR) is 345 cm³/mol. The molecule has 86 heavy (non-hydrogen) atoms. The molecule has 19 heteroatoms. The smallest absolute Gasteiger partial charge is 0.462 e. The van der Waals surface area contributed by atoms with Gasteiger partial charge in [0.2, 0.25) is 0 Å². The van der Waals surface area contributed by atoms with Crippen LogP contribution in [0.5, 0.6) is 0 Å². The summed E-state index contributed by atoms with van der Waals surface area (Å²) in [6.07, 6.45) is 46.1. The van der Waals surface area contributed by atoms with Crippen LogP contribution in [0.2, 0.25) is 0 Å². The summed E-state index contributed by atoms with van der Waals surface area (Å²) in [5.41, 5.74) is 0. The van der Waals surface area contributed by atoms with E-state index in [4.69, 9.17) is 37.0 Å². The standard InChI is InChI=1S/C67H130O17P2/c1-6-9-12-15-18-21-23-24-25-26-27-28-29-31-33-36-42-47-52-66(71)83-62(56-78-65(70)51-46-41-35-32-30-22-19-16-13-10-7-2)58-81-85(73,74)79-54-61(68)55-80-86(75,76)82-59-63(57-77-64(69)50-45-40-34-20-17-14-11-8-3)84-67(72)53-48-43-38-37-39-44-49-60(4)5/h60-63,68H,6-59H2,1-5H3,(H,73,74)(H,75,76)/t61-,62-,63-/m1/s1. The van der Waals surface area contributed by atoms with Gasteiger partial charge in [0, 0.05) is 25.7 Å². The summed E-state index contributed by atoms with van der Waals surface area (Å²) in [4.78, 5) is 72.2. The number of rotatable bonds is 67. The predicted octanol–water partition coefficient (Wildman–Crippen LogP) is 19.0. The second kappa shape index (κ2) is 60.6. The van der Waals surface area contributed by atoms with Crippen molar-refractivity contribution in [1.82, 2.24) is 0 Å². The number of aliphatic hydroxyl groups excluding tert-OH is 1. The van der Waals surface area contributed by atoms with Crippen LogP contribution in [-0.4, -0.2) is 96.7 Å². The van der Waals surface area contributed by atoms with Crippen LogP contribution in [0.4, 0.5) is 0 Å². The molecule has 0 aliphatic rings. The van der Waals surface area contributed by atoms with E-state index in [-0.39, 0.29) is 25.7 Å². The number of phosphoric ester groups is 2. The molecule has 5 atom stereocenters. The lowest BCUT2D eigenvalue weighted by Crippen LogP contribution is -2.30. The van der Waals surface area contributed by atoms with Gasteiger partial charge in [-0.2, -0.15) is 0 Å². The largest absolute Gasteiger partial charge is 0.472 e. The minimum Gasteiger partial charge on any atom is -0.462 e. The number of carbonyl (C=O) groups is 4. The molecule has 2 unspecified atom stereocenters. The van der Waals surface area contributed by atoms with Crippen LogP contribution >= 0.6 is 15.6 Å². The van der Waals surface area contributed by atoms with Gasteiger partial charge in [-0.15, -0.1) is 0 Å². The molecular weight excluding hydrogens is 1140 g/mol. The fraction of sp³-hybridized carbons (Fsp3) is 0.940. The first-order chi connectivity index (χ1) is 41.5. The molecule has 0 amide bonds. The summed E-state index contributed by atoms with van der Waals surface area (Å²) in [7, 11) is -9.89. The molecule has 0 aromatic rings. The zero-order valence-corrected chi connectivity index (χ0v) is 57.2. The Bertz CT molecular complexity index is 1670. The van der Waals surface area contributed by atoms with Crippen LogP contribution in [0.1, 0.15) is 343 Å². The Morgan fingerprint density at radius 1 is 0.314 bits per heavy atom. The van der Waals surface area contributed by atoms with E-state index in [1.165, 1.54) is 161 Å². The molecule has 0 saturated carbocycles. The van der Waals surface area contributed by atoms with Crippen LogP contribution in [0.3, 0.4) is 0 Å². The van der Waals surface area contributed by atoms with Crippen LogP contribution in [-0.2, 0) is 65.4 Å². The highest BCUT2D eigenvalue weighted by molar-refractivity contribution is 7.47. The highest BCUT2D eigenvalue weighted by atomic mass is 31.2. The van der Waals surface area contributed by atoms with Crippen molar-refractivity contribution in [2.75, 3.05) is 39.6 Å². The number of esters is 4. The lowest BCUT2D eigenvalue weighted by atomic mass is 10.0. The van der Waals surface area contributed by atoms with Crippen LogP contribution < -0.4 is 0 Å². The molecule has 0 aromatic heterocycles. The van der Waals surface area contributed by atoms with E-state index in [9.17, 15) is 43.2 Å². The van der Waals surface area contributed by atoms with E-state index in [0.717, 1.165) is 96.3 Å². The monoisotopic (exact) mass is 1270 g/mol. The number of aliphatic hydroxyl groups is 1. The summed E-state index contributed by atoms with van der Waals surface area (Å²) in [6.45, 7) is 7.10. The zero-order valence-electron chi connectivity index (χ0n) is 55.4. The van der Waals surface area contributed by atoms with Gasteiger partial charge in [0.15, 0.2) is 12.2 Å². The Hall–Kier alpha value is -1.94. The van der Waals surface area contributed by atoms with E-state index < -0.39 is 97.5 Å². The van der Waals surface area contributed by atoms with Crippen LogP contribution in [0, 0.1) is 5.92 Å². The maximum Gasteiger partial charge on any atom is 0.472 e. The van der Waals surface area contributed by atoms with Gasteiger partial charge in [-0.3, -0.25) is 37.3 Å². The van der Waals surface area contributed by atoms with Crippen LogP contribution in [0.25, 0.3) is 0 Å². The third-order valence-corrected chi connectivity index (χ3v) is 17.4. The van der Waals surface area contributed by atoms with Gasteiger partial charge in [-0.05, 0) is 31.6 Å². The summed E-state index contributed by atoms with van der Waals surface area (Å²) < 4.78 is 68.0. The Kier molecular flexibility index (Phi) is 59.2. The molecule has 0 fully saturated rings. The molecule has 3 N–H and O–H groups in total. The number of hydrogen-bond acceptors (Lipinski definition) is 15. The van der Waals surface area contributed by atoms with E-state index in [1.54, 1.807) is 0 Å². The van der Waals surface area contributed by atoms with Gasteiger partial charge in [0.1, 0.15) is 19.3 Å². The van der Waals surface area contributed by atoms with E-state index in [2.05, 4.69) is 34.6 Å². The topological polar surface area (TPSA) is 237 Å². The van der Waals surface area contributed by atoms with Crippen molar-refractivity contribution in [1.29, 1.82) is 0 Å². The minimum absolute atomic E-state index is 0.102. The number of unbranched alkanes of at least 4 members (excludes halogenated alkanes) is 39. The highest BCUT2D eigenvalue weighted by Gasteiger charge is 2.30.